The van der Waals surface area contributed by atoms with E-state index in [-0.39, 0.29) is 17.9 Å². The van der Waals surface area contributed by atoms with Gasteiger partial charge in [-0.05, 0) is 43.5 Å². The van der Waals surface area contributed by atoms with E-state index >= 15 is 0 Å². The first-order chi connectivity index (χ1) is 12.0. The van der Waals surface area contributed by atoms with E-state index in [0.29, 0.717) is 38.4 Å². The van der Waals surface area contributed by atoms with Gasteiger partial charge in [0.05, 0.1) is 12.7 Å². The van der Waals surface area contributed by atoms with Crippen LogP contribution < -0.4 is 5.32 Å². The Morgan fingerprint density at radius 2 is 2.24 bits per heavy atom. The number of amides is 2. The summed E-state index contributed by atoms with van der Waals surface area (Å²) in [5.74, 6) is 0.602. The van der Waals surface area contributed by atoms with E-state index in [2.05, 4.69) is 10.3 Å². The zero-order chi connectivity index (χ0) is 17.8. The first-order valence-electron chi connectivity index (χ1n) is 8.54. The Labute approximate surface area is 147 Å². The Kier molecular flexibility index (Phi) is 5.28. The number of rotatable bonds is 5. The molecule has 1 aromatic rings. The van der Waals surface area contributed by atoms with Crippen molar-refractivity contribution in [3.8, 4) is 0 Å². The van der Waals surface area contributed by atoms with Crippen molar-refractivity contribution >= 4 is 23.7 Å². The first kappa shape index (κ1) is 17.4. The molecule has 0 spiro atoms. The molecule has 1 fully saturated rings. The molecule has 2 amide bonds. The predicted molar refractivity (Wildman–Crippen MR) is 96.0 cm³/mol. The number of pyridine rings is 1. The van der Waals surface area contributed by atoms with Crippen LogP contribution in [0, 0.1) is 0 Å². The second-order valence-electron chi connectivity index (χ2n) is 6.47. The number of ether oxygens (including phenoxy) is 1. The van der Waals surface area contributed by atoms with Gasteiger partial charge in [-0.1, -0.05) is 11.6 Å². The lowest BCUT2D eigenvalue weighted by atomic mass is 10.0. The summed E-state index contributed by atoms with van der Waals surface area (Å²) in [6.45, 7) is 5.91. The standard InChI is InChI=1S/C19H23N3O3/c1-3-13(2)12-25-16-10-22(11-16)18(24)7-4-14-8-15-5-6-17(23)21-19(15)20-9-14/h3-4,7-9,16H,5-6,10-12H2,1-2H3,(H,20,21,23)/b7-4?,13-3+. The largest absolute Gasteiger partial charge is 0.370 e. The van der Waals surface area contributed by atoms with E-state index in [0.717, 1.165) is 11.1 Å². The van der Waals surface area contributed by atoms with E-state index in [9.17, 15) is 9.59 Å². The highest BCUT2D eigenvalue weighted by molar-refractivity contribution is 5.94. The van der Waals surface area contributed by atoms with Crippen LogP contribution in [0.25, 0.3) is 6.08 Å². The van der Waals surface area contributed by atoms with Crippen molar-refractivity contribution in [2.24, 2.45) is 0 Å². The molecule has 1 N–H and O–H groups in total. The van der Waals surface area contributed by atoms with Gasteiger partial charge in [0.1, 0.15) is 5.82 Å². The number of aromatic nitrogens is 1. The second kappa shape index (κ2) is 7.61. The number of nitrogens with zero attached hydrogens (tertiary/aromatic N) is 2. The topological polar surface area (TPSA) is 71.5 Å². The average Bonchev–Trinajstić information content (AvgIpc) is 2.58. The summed E-state index contributed by atoms with van der Waals surface area (Å²) < 4.78 is 5.71. The van der Waals surface area contributed by atoms with Crippen molar-refractivity contribution in [3.63, 3.8) is 0 Å². The molecule has 6 nitrogen and oxygen atoms in total. The van der Waals surface area contributed by atoms with Gasteiger partial charge in [-0.3, -0.25) is 9.59 Å². The van der Waals surface area contributed by atoms with E-state index in [1.54, 1.807) is 23.2 Å². The van der Waals surface area contributed by atoms with Crippen LogP contribution in [-0.4, -0.2) is 47.5 Å². The van der Waals surface area contributed by atoms with Crippen LogP contribution in [0.4, 0.5) is 5.82 Å². The van der Waals surface area contributed by atoms with Crippen LogP contribution in [0.5, 0.6) is 0 Å². The fourth-order valence-electron chi connectivity index (χ4n) is 2.69. The van der Waals surface area contributed by atoms with Crippen LogP contribution in [0.1, 0.15) is 31.4 Å². The van der Waals surface area contributed by atoms with Crippen molar-refractivity contribution in [2.75, 3.05) is 25.0 Å². The molecule has 0 atom stereocenters. The van der Waals surface area contributed by atoms with Crippen molar-refractivity contribution in [1.29, 1.82) is 0 Å². The Hall–Kier alpha value is -2.47. The minimum atomic E-state index is -0.0198. The summed E-state index contributed by atoms with van der Waals surface area (Å²) in [7, 11) is 0. The Morgan fingerprint density at radius 3 is 3.00 bits per heavy atom. The van der Waals surface area contributed by atoms with Gasteiger partial charge in [0, 0.05) is 31.8 Å². The monoisotopic (exact) mass is 341 g/mol. The molecule has 2 aliphatic rings. The Bertz CT molecular complexity index is 733. The fraction of sp³-hybridized carbons (Fsp3) is 0.421. The maximum atomic E-state index is 12.2. The number of allylic oxidation sites excluding steroid dienone is 1. The number of anilines is 1. The summed E-state index contributed by atoms with van der Waals surface area (Å²) in [6.07, 6.45) is 8.31. The average molecular weight is 341 g/mol. The van der Waals surface area contributed by atoms with E-state index in [1.165, 1.54) is 5.57 Å². The summed E-state index contributed by atoms with van der Waals surface area (Å²) in [5, 5.41) is 2.75. The fourth-order valence-corrected chi connectivity index (χ4v) is 2.69. The number of carbonyl (C=O) groups is 2. The summed E-state index contributed by atoms with van der Waals surface area (Å²) in [4.78, 5) is 29.5. The van der Waals surface area contributed by atoms with Gasteiger partial charge in [0.15, 0.2) is 0 Å². The second-order valence-corrected chi connectivity index (χ2v) is 6.47. The molecule has 2 aliphatic heterocycles. The molecule has 3 heterocycles. The Morgan fingerprint density at radius 1 is 1.44 bits per heavy atom. The normalized spacial score (nSPS) is 18.1. The third-order valence-electron chi connectivity index (χ3n) is 4.48. The van der Waals surface area contributed by atoms with E-state index in [4.69, 9.17) is 4.74 Å². The van der Waals surface area contributed by atoms with Gasteiger partial charge in [0.2, 0.25) is 11.8 Å². The van der Waals surface area contributed by atoms with Gasteiger partial charge >= 0.3 is 0 Å². The molecule has 0 aliphatic carbocycles. The molecule has 6 heteroatoms. The molecule has 0 saturated carbocycles. The molecular formula is C19H23N3O3. The highest BCUT2D eigenvalue weighted by Crippen LogP contribution is 2.21. The Balaban J connectivity index is 1.50. The number of aryl methyl sites for hydroxylation is 1. The first-order valence-corrected chi connectivity index (χ1v) is 8.54. The summed E-state index contributed by atoms with van der Waals surface area (Å²) >= 11 is 0. The highest BCUT2D eigenvalue weighted by atomic mass is 16.5. The molecule has 132 valence electrons. The number of nitrogens with one attached hydrogen (secondary N) is 1. The van der Waals surface area contributed by atoms with Crippen molar-refractivity contribution in [2.45, 2.75) is 32.8 Å². The van der Waals surface area contributed by atoms with E-state index in [1.807, 2.05) is 26.0 Å². The third-order valence-corrected chi connectivity index (χ3v) is 4.48. The van der Waals surface area contributed by atoms with E-state index < -0.39 is 0 Å². The third kappa shape index (κ3) is 4.33. The van der Waals surface area contributed by atoms with Crippen molar-refractivity contribution in [1.82, 2.24) is 9.88 Å². The molecule has 0 radical (unpaired) electrons. The molecule has 25 heavy (non-hydrogen) atoms. The number of carbonyl (C=O) groups excluding carboxylic acids is 2. The molecular weight excluding hydrogens is 318 g/mol. The lowest BCUT2D eigenvalue weighted by molar-refractivity contribution is -0.138. The van der Waals surface area contributed by atoms with Crippen LogP contribution in [0.2, 0.25) is 0 Å². The predicted octanol–water partition coefficient (Wildman–Crippen LogP) is 2.17. The van der Waals surface area contributed by atoms with Crippen LogP contribution in [0.15, 0.2) is 30.0 Å². The number of hydrogen-bond acceptors (Lipinski definition) is 4. The van der Waals surface area contributed by atoms with Gasteiger partial charge in [0.25, 0.3) is 0 Å². The molecule has 0 aromatic carbocycles. The van der Waals surface area contributed by atoms with Crippen LogP contribution in [-0.2, 0) is 20.7 Å². The van der Waals surface area contributed by atoms with Gasteiger partial charge in [-0.25, -0.2) is 4.98 Å². The van der Waals surface area contributed by atoms with Gasteiger partial charge in [-0.15, -0.1) is 0 Å². The number of likely N-dealkylation sites (tertiary alicyclic amines) is 1. The minimum Gasteiger partial charge on any atom is -0.370 e. The maximum Gasteiger partial charge on any atom is 0.246 e. The van der Waals surface area contributed by atoms with Crippen LogP contribution in [0.3, 0.4) is 0 Å². The molecule has 1 saturated heterocycles. The van der Waals surface area contributed by atoms with Gasteiger partial charge < -0.3 is 15.0 Å². The van der Waals surface area contributed by atoms with Crippen LogP contribution >= 0.6 is 0 Å². The molecule has 0 unspecified atom stereocenters. The van der Waals surface area contributed by atoms with Crippen molar-refractivity contribution < 1.29 is 14.3 Å². The summed E-state index contributed by atoms with van der Waals surface area (Å²) in [5.41, 5.74) is 3.06. The van der Waals surface area contributed by atoms with Crippen molar-refractivity contribution in [3.05, 3.63) is 41.1 Å². The maximum absolute atomic E-state index is 12.2. The molecule has 1 aromatic heterocycles. The number of hydrogen-bond donors (Lipinski definition) is 1. The smallest absolute Gasteiger partial charge is 0.246 e. The lowest BCUT2D eigenvalue weighted by Crippen LogP contribution is -2.54. The lowest BCUT2D eigenvalue weighted by Gasteiger charge is -2.38. The highest BCUT2D eigenvalue weighted by Gasteiger charge is 2.30. The van der Waals surface area contributed by atoms with Gasteiger partial charge in [-0.2, -0.15) is 0 Å². The number of fused-ring (bicyclic) bond motifs is 1. The zero-order valence-corrected chi connectivity index (χ0v) is 14.6. The molecule has 0 bridgehead atoms. The molecule has 3 rings (SSSR count). The zero-order valence-electron chi connectivity index (χ0n) is 14.6. The summed E-state index contributed by atoms with van der Waals surface area (Å²) in [6, 6.07) is 1.97. The quantitative estimate of drug-likeness (QED) is 0.658. The SMILES string of the molecule is C/C=C(\C)COC1CN(C(=O)C=Cc2cnc3c(c2)CCC(=O)N3)C1. The minimum absolute atomic E-state index is 0.00218.